The summed E-state index contributed by atoms with van der Waals surface area (Å²) in [6, 6.07) is 0. The van der Waals surface area contributed by atoms with Crippen molar-refractivity contribution < 1.29 is 4.74 Å². The predicted octanol–water partition coefficient (Wildman–Crippen LogP) is 0.281. The molecule has 0 aliphatic carbocycles. The molecule has 0 saturated carbocycles. The lowest BCUT2D eigenvalue weighted by molar-refractivity contribution is 0.151. The maximum Gasteiger partial charge on any atom is 0.0590 e. The third-order valence-corrected chi connectivity index (χ3v) is 0.595. The quantitative estimate of drug-likeness (QED) is 0.405. The molecule has 0 unspecified atom stereocenters. The predicted molar refractivity (Wildman–Crippen MR) is 28.8 cm³/mol. The van der Waals surface area contributed by atoms with Gasteiger partial charge in [-0.3, -0.25) is 0 Å². The maximum atomic E-state index is 4.94. The minimum absolute atomic E-state index is 0.701. The van der Waals surface area contributed by atoms with E-state index in [9.17, 15) is 0 Å². The van der Waals surface area contributed by atoms with Gasteiger partial charge in [0.15, 0.2) is 0 Å². The molecular weight excluding hydrogens is 90.1 g/mol. The standard InChI is InChI=1S/C5H11NO/c1-3-7-5-4-6-2/h2,6H,3-5H2,1H3. The molecule has 0 heterocycles. The summed E-state index contributed by atoms with van der Waals surface area (Å²) in [6.07, 6.45) is 0. The lowest BCUT2D eigenvalue weighted by Crippen LogP contribution is -2.11. The molecule has 1 N–H and O–H groups in total. The second-order valence-corrected chi connectivity index (χ2v) is 1.15. The van der Waals surface area contributed by atoms with Crippen molar-refractivity contribution in [1.82, 2.24) is 5.32 Å². The van der Waals surface area contributed by atoms with Crippen LogP contribution < -0.4 is 5.32 Å². The van der Waals surface area contributed by atoms with Gasteiger partial charge in [-0.1, -0.05) is 0 Å². The van der Waals surface area contributed by atoms with E-state index < -0.39 is 0 Å². The topological polar surface area (TPSA) is 21.3 Å². The molecule has 0 amide bonds. The molecule has 7 heavy (non-hydrogen) atoms. The van der Waals surface area contributed by atoms with Crippen LogP contribution in [0.25, 0.3) is 0 Å². The van der Waals surface area contributed by atoms with Crippen molar-refractivity contribution >= 4 is 0 Å². The Morgan fingerprint density at radius 2 is 2.43 bits per heavy atom. The Bertz CT molecular complexity index is 27.3. The highest BCUT2D eigenvalue weighted by atomic mass is 16.5. The number of rotatable bonds is 4. The minimum atomic E-state index is 0.701. The summed E-state index contributed by atoms with van der Waals surface area (Å²) in [5.74, 6) is 0. The summed E-state index contributed by atoms with van der Waals surface area (Å²) < 4.78 is 4.93. The first-order valence-electron chi connectivity index (χ1n) is 2.43. The fraction of sp³-hybridized carbons (Fsp3) is 0.800. The number of hydrogen-bond acceptors (Lipinski definition) is 2. The van der Waals surface area contributed by atoms with Gasteiger partial charge in [0, 0.05) is 20.2 Å². The van der Waals surface area contributed by atoms with Crippen molar-refractivity contribution in [3.63, 3.8) is 0 Å². The molecule has 0 atom stereocenters. The summed E-state index contributed by atoms with van der Waals surface area (Å²) in [7, 11) is 4.94. The summed E-state index contributed by atoms with van der Waals surface area (Å²) >= 11 is 0. The Kier molecular flexibility index (Phi) is 5.85. The first kappa shape index (κ1) is 6.92. The molecule has 42 valence electrons. The van der Waals surface area contributed by atoms with Crippen molar-refractivity contribution in [2.24, 2.45) is 0 Å². The van der Waals surface area contributed by atoms with Crippen molar-refractivity contribution in [2.45, 2.75) is 6.92 Å². The van der Waals surface area contributed by atoms with E-state index in [1.807, 2.05) is 6.92 Å². The van der Waals surface area contributed by atoms with Gasteiger partial charge in [-0.25, -0.2) is 0 Å². The monoisotopic (exact) mass is 101 g/mol. The van der Waals surface area contributed by atoms with Crippen LogP contribution in [0.2, 0.25) is 0 Å². The second-order valence-electron chi connectivity index (χ2n) is 1.15. The fourth-order valence-corrected chi connectivity index (χ4v) is 0.275. The van der Waals surface area contributed by atoms with Crippen LogP contribution in [-0.4, -0.2) is 19.8 Å². The van der Waals surface area contributed by atoms with Crippen molar-refractivity contribution in [3.05, 3.63) is 7.05 Å². The van der Waals surface area contributed by atoms with Crippen LogP contribution in [-0.2, 0) is 4.74 Å². The average molecular weight is 101 g/mol. The van der Waals surface area contributed by atoms with E-state index in [0.29, 0.717) is 6.61 Å². The Balaban J connectivity index is 2.45. The first-order valence-corrected chi connectivity index (χ1v) is 2.43. The zero-order valence-electron chi connectivity index (χ0n) is 4.61. The van der Waals surface area contributed by atoms with Crippen LogP contribution in [0, 0.1) is 7.05 Å². The highest BCUT2D eigenvalue weighted by molar-refractivity contribution is 4.37. The lowest BCUT2D eigenvalue weighted by Gasteiger charge is -1.96. The Morgan fingerprint density at radius 3 is 2.86 bits per heavy atom. The molecule has 2 radical (unpaired) electrons. The van der Waals surface area contributed by atoms with Crippen LogP contribution in [0.15, 0.2) is 0 Å². The molecule has 0 bridgehead atoms. The van der Waals surface area contributed by atoms with Gasteiger partial charge in [-0.05, 0) is 6.92 Å². The van der Waals surface area contributed by atoms with Gasteiger partial charge in [-0.15, -0.1) is 0 Å². The van der Waals surface area contributed by atoms with E-state index in [1.165, 1.54) is 0 Å². The Morgan fingerprint density at radius 1 is 1.71 bits per heavy atom. The molecule has 2 nitrogen and oxygen atoms in total. The van der Waals surface area contributed by atoms with E-state index in [0.717, 1.165) is 13.2 Å². The van der Waals surface area contributed by atoms with Gasteiger partial charge >= 0.3 is 0 Å². The average Bonchev–Trinajstić information content (AvgIpc) is 1.69. The Labute approximate surface area is 44.9 Å². The zero-order chi connectivity index (χ0) is 5.54. The van der Waals surface area contributed by atoms with Gasteiger partial charge in [0.05, 0.1) is 6.61 Å². The molecule has 0 saturated heterocycles. The third kappa shape index (κ3) is 5.92. The number of nitrogens with one attached hydrogen (secondary N) is 1. The van der Waals surface area contributed by atoms with Crippen molar-refractivity contribution in [2.75, 3.05) is 19.8 Å². The molecule has 0 aliphatic rings. The van der Waals surface area contributed by atoms with Gasteiger partial charge in [0.2, 0.25) is 0 Å². The summed E-state index contributed by atoms with van der Waals surface area (Å²) in [6.45, 7) is 4.15. The largest absolute Gasteiger partial charge is 0.380 e. The third-order valence-electron chi connectivity index (χ3n) is 0.595. The molecule has 0 aromatic heterocycles. The van der Waals surface area contributed by atoms with E-state index in [4.69, 9.17) is 11.8 Å². The highest BCUT2D eigenvalue weighted by Gasteiger charge is 1.77. The number of ether oxygens (including phenoxy) is 1. The Hall–Kier alpha value is -0.0800. The van der Waals surface area contributed by atoms with Crippen LogP contribution in [0.4, 0.5) is 0 Å². The highest BCUT2D eigenvalue weighted by Crippen LogP contribution is 1.67. The van der Waals surface area contributed by atoms with Crippen LogP contribution in [0.1, 0.15) is 6.92 Å². The fourth-order valence-electron chi connectivity index (χ4n) is 0.275. The molecule has 0 fully saturated rings. The number of hydrogen-bond donors (Lipinski definition) is 1. The second kappa shape index (κ2) is 5.92. The van der Waals surface area contributed by atoms with Gasteiger partial charge in [0.1, 0.15) is 0 Å². The smallest absolute Gasteiger partial charge is 0.0590 e. The van der Waals surface area contributed by atoms with Crippen LogP contribution >= 0.6 is 0 Å². The van der Waals surface area contributed by atoms with E-state index in [2.05, 4.69) is 5.32 Å². The molecular formula is C5H11NO. The van der Waals surface area contributed by atoms with Crippen LogP contribution in [0.5, 0.6) is 0 Å². The lowest BCUT2D eigenvalue weighted by atomic mass is 10.7. The van der Waals surface area contributed by atoms with E-state index >= 15 is 0 Å². The first-order chi connectivity index (χ1) is 3.41. The molecule has 0 aliphatic heterocycles. The SMILES string of the molecule is [CH]NCCOCC. The summed E-state index contributed by atoms with van der Waals surface area (Å²) in [5, 5.41) is 2.48. The summed E-state index contributed by atoms with van der Waals surface area (Å²) in [4.78, 5) is 0. The molecule has 0 rings (SSSR count). The van der Waals surface area contributed by atoms with Crippen molar-refractivity contribution in [1.29, 1.82) is 0 Å². The van der Waals surface area contributed by atoms with Gasteiger partial charge in [0.25, 0.3) is 0 Å². The summed E-state index contributed by atoms with van der Waals surface area (Å²) in [5.41, 5.74) is 0. The van der Waals surface area contributed by atoms with Crippen molar-refractivity contribution in [3.8, 4) is 0 Å². The molecule has 0 aromatic rings. The molecule has 2 heteroatoms. The van der Waals surface area contributed by atoms with E-state index in [-0.39, 0.29) is 0 Å². The normalized spacial score (nSPS) is 9.43. The van der Waals surface area contributed by atoms with Gasteiger partial charge < -0.3 is 10.1 Å². The molecule has 0 spiro atoms. The van der Waals surface area contributed by atoms with Gasteiger partial charge in [-0.2, -0.15) is 0 Å². The minimum Gasteiger partial charge on any atom is -0.380 e. The maximum absolute atomic E-state index is 4.94. The zero-order valence-corrected chi connectivity index (χ0v) is 4.61. The van der Waals surface area contributed by atoms with Crippen LogP contribution in [0.3, 0.4) is 0 Å². The van der Waals surface area contributed by atoms with E-state index in [1.54, 1.807) is 0 Å². The molecule has 0 aromatic carbocycles.